The molecule has 1 aliphatic carbocycles. The lowest BCUT2D eigenvalue weighted by atomic mass is 9.77. The summed E-state index contributed by atoms with van der Waals surface area (Å²) in [6, 6.07) is 0. The van der Waals surface area contributed by atoms with Crippen LogP contribution in [0.15, 0.2) is 11.6 Å². The second-order valence-corrected chi connectivity index (χ2v) is 4.70. The molecule has 0 amide bonds. The highest BCUT2D eigenvalue weighted by Crippen LogP contribution is 2.33. The van der Waals surface area contributed by atoms with Crippen molar-refractivity contribution in [1.82, 2.24) is 0 Å². The lowest BCUT2D eigenvalue weighted by Gasteiger charge is -2.28. The number of allylic oxidation sites excluding steroid dienone is 2. The monoisotopic (exact) mass is 196 g/mol. The topological polar surface area (TPSA) is 37.3 Å². The summed E-state index contributed by atoms with van der Waals surface area (Å²) in [4.78, 5) is 10.7. The van der Waals surface area contributed by atoms with E-state index in [-0.39, 0.29) is 5.92 Å². The molecule has 2 heteroatoms. The van der Waals surface area contributed by atoms with Crippen LogP contribution in [0.25, 0.3) is 0 Å². The molecule has 1 N–H and O–H groups in total. The minimum absolute atomic E-state index is 0.200. The van der Waals surface area contributed by atoms with Gasteiger partial charge in [0.2, 0.25) is 0 Å². The minimum Gasteiger partial charge on any atom is -0.481 e. The van der Waals surface area contributed by atoms with Gasteiger partial charge in [0, 0.05) is 0 Å². The van der Waals surface area contributed by atoms with E-state index in [1.807, 2.05) is 0 Å². The van der Waals surface area contributed by atoms with Gasteiger partial charge in [0.1, 0.15) is 0 Å². The highest BCUT2D eigenvalue weighted by molar-refractivity contribution is 5.69. The van der Waals surface area contributed by atoms with Gasteiger partial charge in [-0.3, -0.25) is 4.79 Å². The first-order valence-electron chi connectivity index (χ1n) is 5.39. The van der Waals surface area contributed by atoms with E-state index in [2.05, 4.69) is 19.9 Å². The van der Waals surface area contributed by atoms with E-state index in [9.17, 15) is 4.79 Å². The van der Waals surface area contributed by atoms with Gasteiger partial charge in [-0.05, 0) is 38.0 Å². The van der Waals surface area contributed by atoms with E-state index in [0.717, 1.165) is 19.3 Å². The van der Waals surface area contributed by atoms with Gasteiger partial charge in [0.15, 0.2) is 0 Å². The average molecular weight is 196 g/mol. The predicted molar refractivity (Wildman–Crippen MR) is 57.1 cm³/mol. The molecule has 0 radical (unpaired) electrons. The molecule has 3 atom stereocenters. The number of hydrogen-bond donors (Lipinski definition) is 1. The maximum atomic E-state index is 10.7. The van der Waals surface area contributed by atoms with Crippen LogP contribution in [-0.4, -0.2) is 11.1 Å². The third kappa shape index (κ3) is 2.86. The van der Waals surface area contributed by atoms with E-state index >= 15 is 0 Å². The highest BCUT2D eigenvalue weighted by Gasteiger charge is 2.24. The average Bonchev–Trinajstić information content (AvgIpc) is 2.09. The van der Waals surface area contributed by atoms with Gasteiger partial charge < -0.3 is 5.11 Å². The van der Waals surface area contributed by atoms with Crippen LogP contribution < -0.4 is 0 Å². The minimum atomic E-state index is -0.663. The number of aliphatic carboxylic acids is 1. The lowest BCUT2D eigenvalue weighted by molar-refractivity contribution is -0.141. The summed E-state index contributed by atoms with van der Waals surface area (Å²) in [7, 11) is 0. The molecule has 0 spiro atoms. The summed E-state index contributed by atoms with van der Waals surface area (Å²) in [6.45, 7) is 6.20. The summed E-state index contributed by atoms with van der Waals surface area (Å²) in [5.74, 6) is 0.337. The normalized spacial score (nSPS) is 29.5. The lowest BCUT2D eigenvalue weighted by Crippen LogP contribution is -2.21. The van der Waals surface area contributed by atoms with E-state index in [0.29, 0.717) is 11.8 Å². The Bertz CT molecular complexity index is 243. The van der Waals surface area contributed by atoms with Crippen LogP contribution in [-0.2, 0) is 4.79 Å². The molecular formula is C12H20O2. The second kappa shape index (κ2) is 4.63. The fourth-order valence-electron chi connectivity index (χ4n) is 2.23. The Morgan fingerprint density at radius 3 is 2.86 bits per heavy atom. The Balaban J connectivity index is 2.50. The molecule has 0 heterocycles. The van der Waals surface area contributed by atoms with Crippen molar-refractivity contribution in [3.8, 4) is 0 Å². The standard InChI is InChI=1S/C12H20O2/c1-8-4-5-11(9(2)6-8)7-10(3)12(13)14/h4,9-11H,5-7H2,1-3H3,(H,13,14). The first kappa shape index (κ1) is 11.3. The molecule has 1 aliphatic rings. The van der Waals surface area contributed by atoms with Crippen molar-refractivity contribution in [2.75, 3.05) is 0 Å². The zero-order chi connectivity index (χ0) is 10.7. The van der Waals surface area contributed by atoms with Crippen molar-refractivity contribution in [3.05, 3.63) is 11.6 Å². The highest BCUT2D eigenvalue weighted by atomic mass is 16.4. The zero-order valence-electron chi connectivity index (χ0n) is 9.29. The Labute approximate surface area is 86.0 Å². The van der Waals surface area contributed by atoms with E-state index < -0.39 is 5.97 Å². The van der Waals surface area contributed by atoms with E-state index in [4.69, 9.17) is 5.11 Å². The summed E-state index contributed by atoms with van der Waals surface area (Å²) in [6.07, 6.45) is 5.28. The molecule has 0 aromatic rings. The van der Waals surface area contributed by atoms with Crippen LogP contribution in [0.5, 0.6) is 0 Å². The molecule has 3 unspecified atom stereocenters. The van der Waals surface area contributed by atoms with Crippen LogP contribution in [0.1, 0.15) is 40.0 Å². The van der Waals surface area contributed by atoms with Crippen LogP contribution >= 0.6 is 0 Å². The molecule has 0 bridgehead atoms. The summed E-state index contributed by atoms with van der Waals surface area (Å²) >= 11 is 0. The third-order valence-electron chi connectivity index (χ3n) is 3.30. The summed E-state index contributed by atoms with van der Waals surface area (Å²) in [5.41, 5.74) is 1.46. The molecule has 0 fully saturated rings. The maximum absolute atomic E-state index is 10.7. The Hall–Kier alpha value is -0.790. The largest absolute Gasteiger partial charge is 0.481 e. The van der Waals surface area contributed by atoms with Gasteiger partial charge in [-0.1, -0.05) is 25.5 Å². The summed E-state index contributed by atoms with van der Waals surface area (Å²) in [5, 5.41) is 8.84. The first-order chi connectivity index (χ1) is 6.50. The maximum Gasteiger partial charge on any atom is 0.306 e. The van der Waals surface area contributed by atoms with E-state index in [1.54, 1.807) is 6.92 Å². The van der Waals surface area contributed by atoms with Crippen molar-refractivity contribution in [2.24, 2.45) is 17.8 Å². The number of rotatable bonds is 3. The molecule has 80 valence electrons. The van der Waals surface area contributed by atoms with Crippen LogP contribution in [0.2, 0.25) is 0 Å². The second-order valence-electron chi connectivity index (χ2n) is 4.70. The molecule has 14 heavy (non-hydrogen) atoms. The quantitative estimate of drug-likeness (QED) is 0.704. The molecule has 0 aromatic carbocycles. The van der Waals surface area contributed by atoms with Crippen molar-refractivity contribution in [1.29, 1.82) is 0 Å². The van der Waals surface area contributed by atoms with Crippen molar-refractivity contribution < 1.29 is 9.90 Å². The molecule has 1 rings (SSSR count). The van der Waals surface area contributed by atoms with Gasteiger partial charge in [-0.15, -0.1) is 0 Å². The van der Waals surface area contributed by atoms with Crippen LogP contribution in [0, 0.1) is 17.8 Å². The van der Waals surface area contributed by atoms with Crippen LogP contribution in [0.3, 0.4) is 0 Å². The molecule has 0 saturated carbocycles. The number of carboxylic acid groups (broad SMARTS) is 1. The fourth-order valence-corrected chi connectivity index (χ4v) is 2.23. The number of carbonyl (C=O) groups is 1. The van der Waals surface area contributed by atoms with Gasteiger partial charge >= 0.3 is 5.97 Å². The van der Waals surface area contributed by atoms with Crippen molar-refractivity contribution >= 4 is 5.97 Å². The third-order valence-corrected chi connectivity index (χ3v) is 3.30. The smallest absolute Gasteiger partial charge is 0.306 e. The SMILES string of the molecule is CC1=CCC(CC(C)C(=O)O)C(C)C1. The van der Waals surface area contributed by atoms with Gasteiger partial charge in [-0.2, -0.15) is 0 Å². The molecule has 0 aromatic heterocycles. The van der Waals surface area contributed by atoms with Crippen molar-refractivity contribution in [3.63, 3.8) is 0 Å². The number of hydrogen-bond acceptors (Lipinski definition) is 1. The van der Waals surface area contributed by atoms with Gasteiger partial charge in [-0.25, -0.2) is 0 Å². The zero-order valence-corrected chi connectivity index (χ0v) is 9.29. The van der Waals surface area contributed by atoms with Crippen molar-refractivity contribution in [2.45, 2.75) is 40.0 Å². The number of carboxylic acids is 1. The molecular weight excluding hydrogens is 176 g/mol. The Kier molecular flexibility index (Phi) is 3.73. The summed E-state index contributed by atoms with van der Waals surface area (Å²) < 4.78 is 0. The Morgan fingerprint density at radius 1 is 1.71 bits per heavy atom. The van der Waals surface area contributed by atoms with E-state index in [1.165, 1.54) is 5.57 Å². The Morgan fingerprint density at radius 2 is 2.36 bits per heavy atom. The fraction of sp³-hybridized carbons (Fsp3) is 0.750. The van der Waals surface area contributed by atoms with Crippen LogP contribution in [0.4, 0.5) is 0 Å². The molecule has 0 saturated heterocycles. The first-order valence-corrected chi connectivity index (χ1v) is 5.39. The van der Waals surface area contributed by atoms with Gasteiger partial charge in [0.25, 0.3) is 0 Å². The predicted octanol–water partition coefficient (Wildman–Crippen LogP) is 3.09. The molecule has 2 nitrogen and oxygen atoms in total. The molecule has 0 aliphatic heterocycles. The van der Waals surface area contributed by atoms with Gasteiger partial charge in [0.05, 0.1) is 5.92 Å².